The number of fused-ring (bicyclic) bond motifs is 10. The van der Waals surface area contributed by atoms with Gasteiger partial charge in [-0.05, 0) is 316 Å². The van der Waals surface area contributed by atoms with Crippen LogP contribution in [0.3, 0.4) is 0 Å². The summed E-state index contributed by atoms with van der Waals surface area (Å²) < 4.78 is 29.0. The summed E-state index contributed by atoms with van der Waals surface area (Å²) in [5.41, 5.74) is -0.157. The van der Waals surface area contributed by atoms with E-state index in [0.717, 1.165) is 119 Å². The summed E-state index contributed by atoms with van der Waals surface area (Å²) in [6.07, 6.45) is 32.2. The fourth-order valence-corrected chi connectivity index (χ4v) is 24.8. The Balaban J connectivity index is 0.000000191. The molecule has 452 valence electrons. The molecule has 0 spiro atoms. The van der Waals surface area contributed by atoms with E-state index in [0.29, 0.717) is 69.5 Å². The topological polar surface area (TPSA) is 135 Å². The van der Waals surface area contributed by atoms with Crippen LogP contribution < -0.4 is 0 Å². The molecule has 10 fully saturated rings. The Bertz CT molecular complexity index is 2320. The monoisotopic (exact) mass is 1120 g/mol. The quantitative estimate of drug-likeness (QED) is 0.157. The van der Waals surface area contributed by atoms with Gasteiger partial charge >= 0.3 is 0 Å². The third kappa shape index (κ3) is 12.0. The van der Waals surface area contributed by atoms with E-state index in [-0.39, 0.29) is 16.7 Å². The standard InChI is InChI=1S/C38H60O4S.C32H56O2.CH4O/c1-26(33(43(41,42)28-10-8-7-9-11-28)25-38(40)22-18-34(2,3)19-23-38)30-14-15-31-29-13-12-27-24-35(4,39)20-21-36(27,5)32(29)16-17-37(30,31)6;1-22(11-14-32(34)19-15-28(2,3)16-20-32)25-9-10-26-24-8-7-23-21-29(4,33)17-18-30(23,5)27(24)12-13-31(25,26)6;1-2/h7-11,26-27,29-33,39-40H,12-25H2,1-6H3;22-27,33-34H,7-21H2,1-6H3;2H,1H3/t26-,27-,29-,30+,31-,32-,33?,35-,36-,37+;22-,23+,24+,25-,26+,27+,29+,30+,31-;/m01./s1. The molecule has 1 unspecified atom stereocenters. The number of aliphatic hydroxyl groups excluding tert-OH is 1. The highest BCUT2D eigenvalue weighted by molar-refractivity contribution is 7.92. The van der Waals surface area contributed by atoms with Gasteiger partial charge in [0.1, 0.15) is 0 Å². The molecule has 10 aliphatic carbocycles. The Morgan fingerprint density at radius 2 is 0.886 bits per heavy atom. The summed E-state index contributed by atoms with van der Waals surface area (Å²) >= 11 is 0. The zero-order valence-corrected chi connectivity index (χ0v) is 53.7. The molecule has 19 atom stereocenters. The minimum absolute atomic E-state index is 0.00702. The molecule has 11 rings (SSSR count). The van der Waals surface area contributed by atoms with Crippen molar-refractivity contribution in [2.75, 3.05) is 7.11 Å². The number of hydrogen-bond acceptors (Lipinski definition) is 7. The summed E-state index contributed by atoms with van der Waals surface area (Å²) in [5, 5.41) is 51.3. The summed E-state index contributed by atoms with van der Waals surface area (Å²) in [5.74, 6) is 8.11. The molecule has 10 saturated carbocycles. The predicted octanol–water partition coefficient (Wildman–Crippen LogP) is 16.3. The maximum Gasteiger partial charge on any atom is 0.181 e. The van der Waals surface area contributed by atoms with Crippen molar-refractivity contribution in [2.45, 2.75) is 302 Å². The predicted molar refractivity (Wildman–Crippen MR) is 324 cm³/mol. The maximum absolute atomic E-state index is 14.5. The van der Waals surface area contributed by atoms with Crippen molar-refractivity contribution in [3.63, 3.8) is 0 Å². The van der Waals surface area contributed by atoms with Crippen molar-refractivity contribution >= 4 is 9.84 Å². The van der Waals surface area contributed by atoms with Crippen LogP contribution in [-0.2, 0) is 9.84 Å². The summed E-state index contributed by atoms with van der Waals surface area (Å²) in [6.45, 7) is 28.5. The molecule has 1 aromatic rings. The largest absolute Gasteiger partial charge is 0.400 e. The van der Waals surface area contributed by atoms with Crippen LogP contribution in [0.5, 0.6) is 0 Å². The zero-order chi connectivity index (χ0) is 57.6. The van der Waals surface area contributed by atoms with Gasteiger partial charge in [-0.2, -0.15) is 0 Å². The second kappa shape index (κ2) is 22.4. The lowest BCUT2D eigenvalue weighted by molar-refractivity contribution is -0.148. The first kappa shape index (κ1) is 62.5. The summed E-state index contributed by atoms with van der Waals surface area (Å²) in [4.78, 5) is 0.412. The molecule has 0 aromatic heterocycles. The van der Waals surface area contributed by atoms with Gasteiger partial charge in [0.25, 0.3) is 0 Å². The fraction of sp³-hybridized carbons (Fsp3) is 0.915. The average molecular weight is 1120 g/mol. The van der Waals surface area contributed by atoms with E-state index in [1.807, 2.05) is 25.1 Å². The lowest BCUT2D eigenvalue weighted by Gasteiger charge is -2.62. The van der Waals surface area contributed by atoms with E-state index in [9.17, 15) is 28.8 Å². The SMILES string of the molecule is CO.C[C@H](C(CC1(O)CCC(C)(C)CC1)S(=O)(=O)c1ccccc1)[C@H]1CC[C@H]2[C@@H]3CC[C@H]4C[C@@](C)(O)CC[C@]4(C)[C@H]3CC[C@]12C.C[C@H](CCC1(O)CCC(C)(C)CC1)[C@H]1CC[C@H]2[C@@H]3CC[C@H]4C[C@@](C)(O)CC[C@]4(C)[C@H]3CC[C@]12C. The number of benzene rings is 1. The van der Waals surface area contributed by atoms with Gasteiger partial charge in [-0.15, -0.1) is 0 Å². The molecule has 0 radical (unpaired) electrons. The molecular formula is C71H120O7S. The van der Waals surface area contributed by atoms with Crippen molar-refractivity contribution in [3.8, 4) is 0 Å². The van der Waals surface area contributed by atoms with Crippen molar-refractivity contribution in [2.24, 2.45) is 104 Å². The van der Waals surface area contributed by atoms with Gasteiger partial charge in [-0.25, -0.2) is 8.42 Å². The Kier molecular flexibility index (Phi) is 17.7. The van der Waals surface area contributed by atoms with Crippen LogP contribution >= 0.6 is 0 Å². The number of sulfone groups is 1. The minimum atomic E-state index is -3.61. The van der Waals surface area contributed by atoms with Crippen molar-refractivity contribution in [3.05, 3.63) is 30.3 Å². The molecule has 0 amide bonds. The second-order valence-electron chi connectivity index (χ2n) is 33.9. The lowest BCUT2D eigenvalue weighted by atomic mass is 9.43. The molecular weight excluding hydrogens is 997 g/mol. The van der Waals surface area contributed by atoms with E-state index in [2.05, 4.69) is 76.2 Å². The van der Waals surface area contributed by atoms with E-state index in [1.165, 1.54) is 96.3 Å². The Morgan fingerprint density at radius 1 is 0.468 bits per heavy atom. The van der Waals surface area contributed by atoms with Gasteiger partial charge in [-0.1, -0.05) is 87.4 Å². The van der Waals surface area contributed by atoms with Gasteiger partial charge in [0.05, 0.1) is 32.5 Å². The van der Waals surface area contributed by atoms with E-state index >= 15 is 0 Å². The van der Waals surface area contributed by atoms with E-state index in [1.54, 1.807) is 12.1 Å². The highest BCUT2D eigenvalue weighted by Crippen LogP contribution is 2.71. The molecule has 79 heavy (non-hydrogen) atoms. The van der Waals surface area contributed by atoms with Crippen LogP contribution in [0, 0.1) is 104 Å². The third-order valence-electron chi connectivity index (χ3n) is 28.1. The van der Waals surface area contributed by atoms with Crippen LogP contribution in [0.15, 0.2) is 35.2 Å². The fourth-order valence-electron chi connectivity index (χ4n) is 22.7. The van der Waals surface area contributed by atoms with Gasteiger partial charge in [0.15, 0.2) is 9.84 Å². The van der Waals surface area contributed by atoms with E-state index < -0.39 is 37.5 Å². The van der Waals surface area contributed by atoms with Gasteiger partial charge in [0.2, 0.25) is 0 Å². The highest BCUT2D eigenvalue weighted by Gasteiger charge is 2.64. The minimum Gasteiger partial charge on any atom is -0.400 e. The Morgan fingerprint density at radius 3 is 1.35 bits per heavy atom. The first-order valence-electron chi connectivity index (χ1n) is 33.4. The first-order valence-corrected chi connectivity index (χ1v) is 34.9. The molecule has 7 nitrogen and oxygen atoms in total. The average Bonchev–Trinajstić information content (AvgIpc) is 4.01. The highest BCUT2D eigenvalue weighted by atomic mass is 32.2. The maximum atomic E-state index is 14.5. The molecule has 0 aliphatic heterocycles. The number of hydrogen-bond donors (Lipinski definition) is 5. The molecule has 0 bridgehead atoms. The van der Waals surface area contributed by atoms with Gasteiger partial charge in [0, 0.05) is 7.11 Å². The van der Waals surface area contributed by atoms with Gasteiger partial charge < -0.3 is 25.5 Å². The second-order valence-corrected chi connectivity index (χ2v) is 36.1. The van der Waals surface area contributed by atoms with E-state index in [4.69, 9.17) is 5.11 Å². The molecule has 5 N–H and O–H groups in total. The summed E-state index contributed by atoms with van der Waals surface area (Å²) in [7, 11) is -2.61. The van der Waals surface area contributed by atoms with Gasteiger partial charge in [-0.3, -0.25) is 0 Å². The Labute approximate surface area is 484 Å². The molecule has 0 heterocycles. The van der Waals surface area contributed by atoms with Crippen LogP contribution in [0.4, 0.5) is 0 Å². The Hall–Kier alpha value is -1.03. The normalized spacial score (nSPS) is 45.6. The number of aliphatic hydroxyl groups is 5. The molecule has 8 heteroatoms. The first-order chi connectivity index (χ1) is 36.8. The van der Waals surface area contributed by atoms with Crippen LogP contribution in [0.1, 0.15) is 269 Å². The molecule has 0 saturated heterocycles. The van der Waals surface area contributed by atoms with Crippen molar-refractivity contribution < 1.29 is 34.0 Å². The van der Waals surface area contributed by atoms with Crippen molar-refractivity contribution in [1.82, 2.24) is 0 Å². The molecule has 10 aliphatic rings. The third-order valence-corrected chi connectivity index (χ3v) is 30.5. The summed E-state index contributed by atoms with van der Waals surface area (Å²) in [6, 6.07) is 9.07. The smallest absolute Gasteiger partial charge is 0.181 e. The van der Waals surface area contributed by atoms with Crippen molar-refractivity contribution in [1.29, 1.82) is 0 Å². The van der Waals surface area contributed by atoms with Crippen LogP contribution in [0.2, 0.25) is 0 Å². The van der Waals surface area contributed by atoms with Crippen LogP contribution in [-0.4, -0.2) is 68.7 Å². The number of rotatable bonds is 10. The lowest BCUT2D eigenvalue weighted by Crippen LogP contribution is -2.56. The van der Waals surface area contributed by atoms with Crippen LogP contribution in [0.25, 0.3) is 0 Å². The molecule has 1 aromatic carbocycles. The zero-order valence-electron chi connectivity index (χ0n) is 52.9.